The minimum absolute atomic E-state index is 0.130. The van der Waals surface area contributed by atoms with Crippen LogP contribution in [0.2, 0.25) is 0 Å². The Labute approximate surface area is 213 Å². The molecule has 1 heterocycles. The van der Waals surface area contributed by atoms with Crippen molar-refractivity contribution in [2.45, 2.75) is 84.7 Å². The second-order valence-corrected chi connectivity index (χ2v) is 11.7. The standard InChI is InChI=1S/C28H40N2O6/c1-17(29-23(33)10-8-18-7-9-21(31)22(32)16-18)25(34)30-14-5-6-20(30)26(35)36-15-12-19-11-13-28(4)24(19)27(28,2)3/h7,9,16-17,19-20,24,31-32H,5-6,8,10-15H2,1-4H3,(H,29,33)/t17-,19?,20?,24?,28?/m0/s1. The maximum Gasteiger partial charge on any atom is 0.328 e. The molecule has 5 atom stereocenters. The van der Waals surface area contributed by atoms with E-state index in [0.717, 1.165) is 12.8 Å². The average molecular weight is 501 g/mol. The van der Waals surface area contributed by atoms with Crippen molar-refractivity contribution in [3.05, 3.63) is 23.8 Å². The largest absolute Gasteiger partial charge is 0.504 e. The fourth-order valence-corrected chi connectivity index (χ4v) is 6.96. The van der Waals surface area contributed by atoms with Gasteiger partial charge < -0.3 is 25.2 Å². The molecule has 8 heteroatoms. The zero-order valence-corrected chi connectivity index (χ0v) is 21.9. The number of aromatic hydroxyl groups is 2. The lowest BCUT2D eigenvalue weighted by Gasteiger charge is -2.27. The number of benzene rings is 1. The number of esters is 1. The molecule has 3 fully saturated rings. The Morgan fingerprint density at radius 1 is 1.17 bits per heavy atom. The van der Waals surface area contributed by atoms with Gasteiger partial charge in [-0.05, 0) is 85.8 Å². The Morgan fingerprint density at radius 2 is 1.92 bits per heavy atom. The van der Waals surface area contributed by atoms with E-state index in [1.807, 2.05) is 0 Å². The van der Waals surface area contributed by atoms with Crippen LogP contribution in [-0.2, 0) is 25.5 Å². The van der Waals surface area contributed by atoms with Crippen LogP contribution in [0.1, 0.15) is 71.8 Å². The van der Waals surface area contributed by atoms with Crippen LogP contribution in [0.3, 0.4) is 0 Å². The van der Waals surface area contributed by atoms with Gasteiger partial charge >= 0.3 is 5.97 Å². The smallest absolute Gasteiger partial charge is 0.328 e. The molecule has 198 valence electrons. The Bertz CT molecular complexity index is 1020. The number of carbonyl (C=O) groups excluding carboxylic acids is 3. The van der Waals surface area contributed by atoms with Crippen LogP contribution in [0.5, 0.6) is 11.5 Å². The summed E-state index contributed by atoms with van der Waals surface area (Å²) in [5.41, 5.74) is 1.51. The third-order valence-corrected chi connectivity index (χ3v) is 9.33. The second kappa shape index (κ2) is 9.94. The highest BCUT2D eigenvalue weighted by Crippen LogP contribution is 2.78. The zero-order chi connectivity index (χ0) is 26.3. The number of nitrogens with zero attached hydrogens (tertiary/aromatic N) is 1. The minimum atomic E-state index is -0.757. The van der Waals surface area contributed by atoms with Crippen LogP contribution in [0.25, 0.3) is 0 Å². The lowest BCUT2D eigenvalue weighted by atomic mass is 9.88. The van der Waals surface area contributed by atoms with E-state index < -0.39 is 12.1 Å². The summed E-state index contributed by atoms with van der Waals surface area (Å²) in [6, 6.07) is 3.07. The van der Waals surface area contributed by atoms with E-state index in [4.69, 9.17) is 4.74 Å². The summed E-state index contributed by atoms with van der Waals surface area (Å²) in [5.74, 6) is -0.0691. The van der Waals surface area contributed by atoms with E-state index in [1.54, 1.807) is 17.9 Å². The predicted molar refractivity (Wildman–Crippen MR) is 134 cm³/mol. The Balaban J connectivity index is 1.21. The Hall–Kier alpha value is -2.77. The van der Waals surface area contributed by atoms with Gasteiger partial charge in [0.2, 0.25) is 11.8 Å². The molecule has 3 aliphatic rings. The van der Waals surface area contributed by atoms with Crippen molar-refractivity contribution in [3.63, 3.8) is 0 Å². The molecule has 0 radical (unpaired) electrons. The first-order valence-corrected chi connectivity index (χ1v) is 13.2. The lowest BCUT2D eigenvalue weighted by Crippen LogP contribution is -2.50. The topological polar surface area (TPSA) is 116 Å². The maximum absolute atomic E-state index is 13.0. The maximum atomic E-state index is 13.0. The monoisotopic (exact) mass is 500 g/mol. The molecule has 1 aromatic rings. The highest BCUT2D eigenvalue weighted by atomic mass is 16.5. The van der Waals surface area contributed by atoms with Gasteiger partial charge in [0.25, 0.3) is 0 Å². The fourth-order valence-electron chi connectivity index (χ4n) is 6.96. The van der Waals surface area contributed by atoms with Crippen LogP contribution >= 0.6 is 0 Å². The van der Waals surface area contributed by atoms with Gasteiger partial charge in [-0.25, -0.2) is 4.79 Å². The first-order valence-electron chi connectivity index (χ1n) is 13.2. The molecule has 8 nitrogen and oxygen atoms in total. The van der Waals surface area contributed by atoms with Gasteiger partial charge in [0, 0.05) is 13.0 Å². The van der Waals surface area contributed by atoms with E-state index in [9.17, 15) is 24.6 Å². The highest BCUT2D eigenvalue weighted by molar-refractivity contribution is 5.91. The van der Waals surface area contributed by atoms with Gasteiger partial charge in [-0.3, -0.25) is 9.59 Å². The van der Waals surface area contributed by atoms with Crippen molar-refractivity contribution in [2.24, 2.45) is 22.7 Å². The SMILES string of the molecule is C[C@H](NC(=O)CCc1ccc(O)c(O)c1)C(=O)N1CCCC1C(=O)OCCC1CCC2(C)C1C2(C)C. The van der Waals surface area contributed by atoms with Gasteiger partial charge in [-0.15, -0.1) is 0 Å². The van der Waals surface area contributed by atoms with Gasteiger partial charge in [0.1, 0.15) is 12.1 Å². The Morgan fingerprint density at radius 3 is 2.58 bits per heavy atom. The molecule has 2 aliphatic carbocycles. The van der Waals surface area contributed by atoms with Gasteiger partial charge in [-0.1, -0.05) is 26.8 Å². The summed E-state index contributed by atoms with van der Waals surface area (Å²) in [7, 11) is 0. The van der Waals surface area contributed by atoms with Crippen LogP contribution in [0, 0.1) is 22.7 Å². The molecule has 0 bridgehead atoms. The summed E-state index contributed by atoms with van der Waals surface area (Å²) in [6.45, 7) is 9.56. The van der Waals surface area contributed by atoms with Crippen molar-refractivity contribution < 1.29 is 29.3 Å². The number of hydrogen-bond acceptors (Lipinski definition) is 6. The minimum Gasteiger partial charge on any atom is -0.504 e. The molecule has 2 saturated carbocycles. The lowest BCUT2D eigenvalue weighted by molar-refractivity contribution is -0.154. The molecule has 3 N–H and O–H groups in total. The molecule has 36 heavy (non-hydrogen) atoms. The fraction of sp³-hybridized carbons (Fsp3) is 0.679. The first-order chi connectivity index (χ1) is 17.0. The third-order valence-electron chi connectivity index (χ3n) is 9.33. The number of phenols is 2. The molecule has 1 saturated heterocycles. The first kappa shape index (κ1) is 26.3. The predicted octanol–water partition coefficient (Wildman–Crippen LogP) is 3.53. The Kier molecular flexibility index (Phi) is 7.26. The van der Waals surface area contributed by atoms with E-state index >= 15 is 0 Å². The molecule has 0 spiro atoms. The van der Waals surface area contributed by atoms with E-state index in [2.05, 4.69) is 26.1 Å². The summed E-state index contributed by atoms with van der Waals surface area (Å²) in [5, 5.41) is 21.7. The third kappa shape index (κ3) is 4.91. The summed E-state index contributed by atoms with van der Waals surface area (Å²) < 4.78 is 5.64. The number of phenolic OH excluding ortho intramolecular Hbond substituents is 2. The summed E-state index contributed by atoms with van der Waals surface area (Å²) in [4.78, 5) is 39.8. The molecule has 2 amide bonds. The molecular formula is C28H40N2O6. The van der Waals surface area contributed by atoms with Gasteiger partial charge in [0.15, 0.2) is 11.5 Å². The van der Waals surface area contributed by atoms with Gasteiger partial charge in [-0.2, -0.15) is 0 Å². The zero-order valence-electron chi connectivity index (χ0n) is 21.9. The second-order valence-electron chi connectivity index (χ2n) is 11.7. The number of nitrogens with one attached hydrogen (secondary N) is 1. The van der Waals surface area contributed by atoms with E-state index in [-0.39, 0.29) is 35.7 Å². The molecule has 1 aliphatic heterocycles. The summed E-state index contributed by atoms with van der Waals surface area (Å²) >= 11 is 0. The number of carbonyl (C=O) groups is 3. The number of rotatable bonds is 9. The normalized spacial score (nSPS) is 28.9. The van der Waals surface area contributed by atoms with Gasteiger partial charge in [0.05, 0.1) is 6.61 Å². The summed E-state index contributed by atoms with van der Waals surface area (Å²) in [6.07, 6.45) is 5.11. The molecule has 4 unspecified atom stereocenters. The van der Waals surface area contributed by atoms with Crippen molar-refractivity contribution in [2.75, 3.05) is 13.2 Å². The molecule has 1 aromatic carbocycles. The van der Waals surface area contributed by atoms with Crippen molar-refractivity contribution in [3.8, 4) is 11.5 Å². The van der Waals surface area contributed by atoms with E-state index in [0.29, 0.717) is 54.2 Å². The molecular weight excluding hydrogens is 460 g/mol. The van der Waals surface area contributed by atoms with E-state index in [1.165, 1.54) is 25.0 Å². The number of ether oxygens (including phenoxy) is 1. The van der Waals surface area contributed by atoms with Crippen LogP contribution in [0.15, 0.2) is 18.2 Å². The molecule has 0 aromatic heterocycles. The van der Waals surface area contributed by atoms with Crippen molar-refractivity contribution in [1.82, 2.24) is 10.2 Å². The van der Waals surface area contributed by atoms with Crippen LogP contribution in [0.4, 0.5) is 0 Å². The number of likely N-dealkylation sites (tertiary alicyclic amines) is 1. The number of amides is 2. The van der Waals surface area contributed by atoms with Crippen molar-refractivity contribution >= 4 is 17.8 Å². The number of aryl methyl sites for hydroxylation is 1. The quantitative estimate of drug-likeness (QED) is 0.353. The van der Waals surface area contributed by atoms with Crippen molar-refractivity contribution in [1.29, 1.82) is 0 Å². The highest BCUT2D eigenvalue weighted by Gasteiger charge is 2.72. The number of hydrogen-bond donors (Lipinski definition) is 3. The average Bonchev–Trinajstić information content (AvgIpc) is 3.25. The van der Waals surface area contributed by atoms with Crippen LogP contribution < -0.4 is 5.32 Å². The van der Waals surface area contributed by atoms with Crippen LogP contribution in [-0.4, -0.2) is 58.1 Å². The molecule has 4 rings (SSSR count). The number of fused-ring (bicyclic) bond motifs is 1.